The number of para-hydroxylation sites is 1. The molecule has 0 atom stereocenters. The molecule has 0 N–H and O–H groups in total. The van der Waals surface area contributed by atoms with Gasteiger partial charge in [-0.15, -0.1) is 12.4 Å². The van der Waals surface area contributed by atoms with Crippen molar-refractivity contribution >= 4 is 45.0 Å². The van der Waals surface area contributed by atoms with Gasteiger partial charge in [-0.3, -0.25) is 14.6 Å². The molecule has 0 bridgehead atoms. The minimum atomic E-state index is -0.168. The number of morpholine rings is 1. The molecular formula is C24H30ClN3O5S. The molecule has 1 amide bonds. The van der Waals surface area contributed by atoms with Crippen LogP contribution in [0.5, 0.6) is 17.2 Å². The molecule has 0 spiro atoms. The van der Waals surface area contributed by atoms with Gasteiger partial charge in [0.05, 0.1) is 50.3 Å². The average Bonchev–Trinajstić information content (AvgIpc) is 3.29. The van der Waals surface area contributed by atoms with E-state index in [1.807, 2.05) is 18.2 Å². The molecule has 2 aromatic carbocycles. The van der Waals surface area contributed by atoms with Gasteiger partial charge < -0.3 is 18.9 Å². The highest BCUT2D eigenvalue weighted by molar-refractivity contribution is 7.22. The SMILES string of the molecule is COc1ccc2sc(N(CCCN3CCOCC3)C(=O)c3cccc(OC)c3OC)nc2c1.Cl. The molecule has 1 saturated heterocycles. The lowest BCUT2D eigenvalue weighted by atomic mass is 10.1. The van der Waals surface area contributed by atoms with Gasteiger partial charge in [-0.25, -0.2) is 4.98 Å². The van der Waals surface area contributed by atoms with Crippen molar-refractivity contribution in [2.45, 2.75) is 6.42 Å². The van der Waals surface area contributed by atoms with E-state index in [1.165, 1.54) is 11.3 Å². The van der Waals surface area contributed by atoms with Crippen LogP contribution in [-0.2, 0) is 4.74 Å². The maximum absolute atomic E-state index is 13.8. The van der Waals surface area contributed by atoms with Gasteiger partial charge in [0.15, 0.2) is 16.6 Å². The standard InChI is InChI=1S/C24H29N3O5S.ClH/c1-29-17-8-9-21-19(16-17)25-24(33-21)27(11-5-10-26-12-14-32-15-13-26)23(28)18-6-4-7-20(30-2)22(18)31-3;/h4,6-9,16H,5,10-15H2,1-3H3;1H. The van der Waals surface area contributed by atoms with E-state index >= 15 is 0 Å². The summed E-state index contributed by atoms with van der Waals surface area (Å²) in [5.41, 5.74) is 1.25. The fourth-order valence-corrected chi connectivity index (χ4v) is 4.87. The van der Waals surface area contributed by atoms with Crippen LogP contribution in [0.2, 0.25) is 0 Å². The van der Waals surface area contributed by atoms with E-state index in [1.54, 1.807) is 44.4 Å². The van der Waals surface area contributed by atoms with Crippen LogP contribution in [0.1, 0.15) is 16.8 Å². The fraction of sp³-hybridized carbons (Fsp3) is 0.417. The number of halogens is 1. The first kappa shape index (κ1) is 26.0. The zero-order valence-corrected chi connectivity index (χ0v) is 21.2. The summed E-state index contributed by atoms with van der Waals surface area (Å²) >= 11 is 1.49. The summed E-state index contributed by atoms with van der Waals surface area (Å²) in [5.74, 6) is 1.51. The highest BCUT2D eigenvalue weighted by atomic mass is 35.5. The van der Waals surface area contributed by atoms with Crippen LogP contribution in [0.4, 0.5) is 5.13 Å². The number of hydrogen-bond acceptors (Lipinski definition) is 8. The van der Waals surface area contributed by atoms with Gasteiger partial charge >= 0.3 is 0 Å². The van der Waals surface area contributed by atoms with Crippen LogP contribution in [0.15, 0.2) is 36.4 Å². The van der Waals surface area contributed by atoms with Crippen LogP contribution in [0.25, 0.3) is 10.2 Å². The number of thiazole rings is 1. The molecule has 0 unspecified atom stereocenters. The summed E-state index contributed by atoms with van der Waals surface area (Å²) in [7, 11) is 4.74. The third kappa shape index (κ3) is 5.72. The highest BCUT2D eigenvalue weighted by Gasteiger charge is 2.26. The molecule has 0 aliphatic carbocycles. The predicted octanol–water partition coefficient (Wildman–Crippen LogP) is 4.11. The van der Waals surface area contributed by atoms with E-state index in [2.05, 4.69) is 4.90 Å². The van der Waals surface area contributed by atoms with Crippen molar-refractivity contribution in [3.05, 3.63) is 42.0 Å². The fourth-order valence-electron chi connectivity index (χ4n) is 3.90. The largest absolute Gasteiger partial charge is 0.497 e. The van der Waals surface area contributed by atoms with Crippen molar-refractivity contribution in [3.8, 4) is 17.2 Å². The molecule has 1 aromatic heterocycles. The van der Waals surface area contributed by atoms with Gasteiger partial charge in [-0.2, -0.15) is 0 Å². The summed E-state index contributed by atoms with van der Waals surface area (Å²) < 4.78 is 22.7. The number of methoxy groups -OCH3 is 3. The number of amides is 1. The quantitative estimate of drug-likeness (QED) is 0.431. The second kappa shape index (κ2) is 12.2. The van der Waals surface area contributed by atoms with Gasteiger partial charge in [0, 0.05) is 32.2 Å². The summed E-state index contributed by atoms with van der Waals surface area (Å²) in [6.45, 7) is 4.76. The van der Waals surface area contributed by atoms with Crippen molar-refractivity contribution < 1.29 is 23.7 Å². The summed E-state index contributed by atoms with van der Waals surface area (Å²) in [6.07, 6.45) is 0.817. The molecule has 184 valence electrons. The maximum Gasteiger partial charge on any atom is 0.263 e. The van der Waals surface area contributed by atoms with E-state index in [0.717, 1.165) is 55.2 Å². The number of rotatable bonds is 9. The number of benzene rings is 2. The summed E-state index contributed by atoms with van der Waals surface area (Å²) in [5, 5.41) is 0.648. The first-order chi connectivity index (χ1) is 16.1. The lowest BCUT2D eigenvalue weighted by molar-refractivity contribution is 0.0376. The molecule has 0 radical (unpaired) electrons. The Morgan fingerprint density at radius 1 is 1.12 bits per heavy atom. The number of anilines is 1. The van der Waals surface area contributed by atoms with Gasteiger partial charge in [0.1, 0.15) is 5.75 Å². The Kier molecular flexibility index (Phi) is 9.35. The Morgan fingerprint density at radius 3 is 2.62 bits per heavy atom. The van der Waals surface area contributed by atoms with E-state index in [9.17, 15) is 4.79 Å². The van der Waals surface area contributed by atoms with Gasteiger partial charge in [-0.05, 0) is 30.7 Å². The molecule has 8 nitrogen and oxygen atoms in total. The van der Waals surface area contributed by atoms with Crippen LogP contribution < -0.4 is 19.1 Å². The molecule has 1 aliphatic heterocycles. The zero-order chi connectivity index (χ0) is 23.2. The summed E-state index contributed by atoms with van der Waals surface area (Å²) in [4.78, 5) is 22.7. The van der Waals surface area contributed by atoms with Crippen LogP contribution in [-0.4, -0.2) is 76.5 Å². The number of nitrogens with zero attached hydrogens (tertiary/aromatic N) is 3. The Hall–Kier alpha value is -2.59. The predicted molar refractivity (Wildman–Crippen MR) is 137 cm³/mol. The second-order valence-electron chi connectivity index (χ2n) is 7.64. The Bertz CT molecular complexity index is 1100. The first-order valence-electron chi connectivity index (χ1n) is 10.9. The number of aromatic nitrogens is 1. The molecule has 34 heavy (non-hydrogen) atoms. The molecule has 2 heterocycles. The highest BCUT2D eigenvalue weighted by Crippen LogP contribution is 2.35. The van der Waals surface area contributed by atoms with Crippen molar-refractivity contribution in [2.24, 2.45) is 0 Å². The van der Waals surface area contributed by atoms with E-state index in [4.69, 9.17) is 23.9 Å². The van der Waals surface area contributed by atoms with Crippen LogP contribution in [0, 0.1) is 0 Å². The van der Waals surface area contributed by atoms with E-state index in [0.29, 0.717) is 28.7 Å². The lowest BCUT2D eigenvalue weighted by Gasteiger charge is -2.28. The minimum absolute atomic E-state index is 0. The Labute approximate surface area is 209 Å². The maximum atomic E-state index is 13.8. The van der Waals surface area contributed by atoms with Gasteiger partial charge in [-0.1, -0.05) is 17.4 Å². The minimum Gasteiger partial charge on any atom is -0.497 e. The molecule has 0 saturated carbocycles. The smallest absolute Gasteiger partial charge is 0.263 e. The van der Waals surface area contributed by atoms with Crippen molar-refractivity contribution in [1.82, 2.24) is 9.88 Å². The number of carbonyl (C=O) groups is 1. The Morgan fingerprint density at radius 2 is 1.91 bits per heavy atom. The normalized spacial score (nSPS) is 13.9. The van der Waals surface area contributed by atoms with Gasteiger partial charge in [0.2, 0.25) is 0 Å². The topological polar surface area (TPSA) is 73.4 Å². The van der Waals surface area contributed by atoms with Crippen LogP contribution >= 0.6 is 23.7 Å². The average molecular weight is 508 g/mol. The number of fused-ring (bicyclic) bond motifs is 1. The number of ether oxygens (including phenoxy) is 4. The molecule has 1 aliphatic rings. The van der Waals surface area contributed by atoms with Crippen LogP contribution in [0.3, 0.4) is 0 Å². The molecule has 3 aromatic rings. The lowest BCUT2D eigenvalue weighted by Crippen LogP contribution is -2.39. The van der Waals surface area contributed by atoms with E-state index < -0.39 is 0 Å². The van der Waals surface area contributed by atoms with Crippen molar-refractivity contribution in [2.75, 3.05) is 65.6 Å². The molecule has 1 fully saturated rings. The molecule has 4 rings (SSSR count). The van der Waals surface area contributed by atoms with Gasteiger partial charge in [0.25, 0.3) is 5.91 Å². The monoisotopic (exact) mass is 507 g/mol. The Balaban J connectivity index is 0.00000324. The second-order valence-corrected chi connectivity index (χ2v) is 8.64. The summed E-state index contributed by atoms with van der Waals surface area (Å²) in [6, 6.07) is 11.1. The van der Waals surface area contributed by atoms with E-state index in [-0.39, 0.29) is 18.3 Å². The molecular weight excluding hydrogens is 478 g/mol. The molecule has 10 heteroatoms. The first-order valence-corrected chi connectivity index (χ1v) is 11.7. The van der Waals surface area contributed by atoms with Crippen molar-refractivity contribution in [1.29, 1.82) is 0 Å². The number of carbonyl (C=O) groups excluding carboxylic acids is 1. The number of hydrogen-bond donors (Lipinski definition) is 0. The van der Waals surface area contributed by atoms with Crippen molar-refractivity contribution in [3.63, 3.8) is 0 Å². The third-order valence-electron chi connectivity index (χ3n) is 5.65. The zero-order valence-electron chi connectivity index (χ0n) is 19.6. The third-order valence-corrected chi connectivity index (χ3v) is 6.71.